The van der Waals surface area contributed by atoms with Crippen LogP contribution in [0.3, 0.4) is 0 Å². The van der Waals surface area contributed by atoms with Crippen molar-refractivity contribution in [2.75, 3.05) is 0 Å². The van der Waals surface area contributed by atoms with Crippen molar-refractivity contribution in [3.63, 3.8) is 0 Å². The van der Waals surface area contributed by atoms with Gasteiger partial charge in [-0.2, -0.15) is 0 Å². The van der Waals surface area contributed by atoms with Gasteiger partial charge in [-0.1, -0.05) is 11.6 Å². The van der Waals surface area contributed by atoms with E-state index in [4.69, 9.17) is 20.8 Å². The van der Waals surface area contributed by atoms with Gasteiger partial charge in [0.05, 0.1) is 27.8 Å². The minimum atomic E-state index is -3.73. The Labute approximate surface area is 171 Å². The van der Waals surface area contributed by atoms with Crippen molar-refractivity contribution in [1.29, 1.82) is 0 Å². The third kappa shape index (κ3) is 4.29. The number of fused-ring (bicyclic) bond motifs is 1. The van der Waals surface area contributed by atoms with E-state index in [1.165, 1.54) is 42.2 Å². The molecule has 1 fully saturated rings. The molecule has 2 heterocycles. The van der Waals surface area contributed by atoms with Gasteiger partial charge < -0.3 is 9.15 Å². The van der Waals surface area contributed by atoms with Crippen molar-refractivity contribution in [2.45, 2.75) is 42.7 Å². The Bertz CT molecular complexity index is 1180. The molecule has 29 heavy (non-hydrogen) atoms. The van der Waals surface area contributed by atoms with Crippen molar-refractivity contribution < 1.29 is 17.6 Å². The summed E-state index contributed by atoms with van der Waals surface area (Å²) >= 11 is 5.76. The van der Waals surface area contributed by atoms with Crippen LogP contribution in [0, 0.1) is 0 Å². The molecule has 0 unspecified atom stereocenters. The third-order valence-corrected chi connectivity index (χ3v) is 6.65. The zero-order chi connectivity index (χ0) is 20.6. The summed E-state index contributed by atoms with van der Waals surface area (Å²) in [5.41, 5.74) is 0.775. The molecule has 1 N–H and O–H groups in total. The van der Waals surface area contributed by atoms with Crippen LogP contribution in [0.4, 0.5) is 0 Å². The molecule has 2 aromatic heterocycles. The van der Waals surface area contributed by atoms with Gasteiger partial charge in [0.15, 0.2) is 5.58 Å². The number of ether oxygens (including phenoxy) is 1. The lowest BCUT2D eigenvalue weighted by molar-refractivity contribution is 0.132. The van der Waals surface area contributed by atoms with E-state index >= 15 is 0 Å². The molecule has 0 radical (unpaired) electrons. The molecule has 0 aliphatic heterocycles. The van der Waals surface area contributed by atoms with E-state index in [1.807, 2.05) is 0 Å². The number of hydrogen-bond acceptors (Lipinski definition) is 7. The van der Waals surface area contributed by atoms with Crippen LogP contribution < -0.4 is 15.2 Å². The van der Waals surface area contributed by atoms with E-state index in [0.717, 1.165) is 0 Å². The molecule has 9 nitrogen and oxygen atoms in total. The van der Waals surface area contributed by atoms with E-state index < -0.39 is 15.8 Å². The van der Waals surface area contributed by atoms with Gasteiger partial charge in [-0.25, -0.2) is 27.9 Å². The maximum Gasteiger partial charge on any atom is 0.419 e. The minimum absolute atomic E-state index is 0.0752. The summed E-state index contributed by atoms with van der Waals surface area (Å²) in [6.07, 6.45) is 5.47. The van der Waals surface area contributed by atoms with Gasteiger partial charge in [0, 0.05) is 13.1 Å². The average molecular weight is 439 g/mol. The molecule has 0 bridgehead atoms. The summed E-state index contributed by atoms with van der Waals surface area (Å²) < 4.78 is 40.3. The summed E-state index contributed by atoms with van der Waals surface area (Å²) in [5.74, 6) is -0.537. The fraction of sp³-hybridized carbons (Fsp3) is 0.389. The molecule has 1 saturated carbocycles. The van der Waals surface area contributed by atoms with Gasteiger partial charge in [0.2, 0.25) is 10.0 Å². The van der Waals surface area contributed by atoms with Crippen molar-refractivity contribution in [3.05, 3.63) is 46.2 Å². The Kier molecular flexibility index (Phi) is 5.32. The summed E-state index contributed by atoms with van der Waals surface area (Å²) in [4.78, 5) is 19.7. The molecule has 0 saturated heterocycles. The molecule has 3 aromatic rings. The molecule has 0 atom stereocenters. The molecule has 1 aliphatic rings. The highest BCUT2D eigenvalue weighted by Gasteiger charge is 2.27. The Morgan fingerprint density at radius 2 is 1.90 bits per heavy atom. The van der Waals surface area contributed by atoms with Gasteiger partial charge in [-0.05, 0) is 43.9 Å². The molecule has 154 valence electrons. The number of hydrogen-bond donors (Lipinski definition) is 1. The van der Waals surface area contributed by atoms with E-state index in [0.29, 0.717) is 41.8 Å². The van der Waals surface area contributed by atoms with Crippen LogP contribution >= 0.6 is 11.6 Å². The van der Waals surface area contributed by atoms with Crippen LogP contribution in [0.5, 0.6) is 6.01 Å². The molecule has 0 spiro atoms. The lowest BCUT2D eigenvalue weighted by atomic mass is 9.94. The van der Waals surface area contributed by atoms with Crippen LogP contribution in [-0.4, -0.2) is 35.1 Å². The summed E-state index contributed by atoms with van der Waals surface area (Å²) in [6, 6.07) is 4.42. The van der Waals surface area contributed by atoms with Gasteiger partial charge >= 0.3 is 11.8 Å². The van der Waals surface area contributed by atoms with E-state index in [-0.39, 0.29) is 23.1 Å². The van der Waals surface area contributed by atoms with Crippen molar-refractivity contribution in [3.8, 4) is 6.01 Å². The predicted molar refractivity (Wildman–Crippen MR) is 105 cm³/mol. The first-order valence-corrected chi connectivity index (χ1v) is 10.9. The van der Waals surface area contributed by atoms with Crippen LogP contribution in [-0.2, 0) is 17.1 Å². The highest BCUT2D eigenvalue weighted by Crippen LogP contribution is 2.25. The normalized spacial score (nSPS) is 20.1. The standard InChI is InChI=1S/C18H19ClN4O5S/c1-23-15-8-14(6-7-16(15)28-18(23)24)29(25,26)22-12-2-4-13(5-3-12)27-17-20-9-11(19)10-21-17/h6-10,12-13,22H,2-5H2,1H3. The first-order chi connectivity index (χ1) is 13.8. The Balaban J connectivity index is 1.40. The minimum Gasteiger partial charge on any atom is -0.460 e. The second kappa shape index (κ2) is 7.77. The number of sulfonamides is 1. The zero-order valence-electron chi connectivity index (χ0n) is 15.5. The van der Waals surface area contributed by atoms with E-state index in [1.54, 1.807) is 0 Å². The number of oxazole rings is 1. The van der Waals surface area contributed by atoms with Gasteiger partial charge in [0.25, 0.3) is 0 Å². The Hall–Kier alpha value is -2.43. The third-order valence-electron chi connectivity index (χ3n) is 4.94. The Morgan fingerprint density at radius 1 is 1.21 bits per heavy atom. The number of halogens is 1. The van der Waals surface area contributed by atoms with Gasteiger partial charge in [-0.15, -0.1) is 0 Å². The maximum atomic E-state index is 12.8. The lowest BCUT2D eigenvalue weighted by Crippen LogP contribution is -2.39. The molecule has 1 aliphatic carbocycles. The second-order valence-electron chi connectivity index (χ2n) is 6.95. The first kappa shape index (κ1) is 19.9. The smallest absolute Gasteiger partial charge is 0.419 e. The zero-order valence-corrected chi connectivity index (χ0v) is 17.1. The number of aromatic nitrogens is 3. The predicted octanol–water partition coefficient (Wildman–Crippen LogP) is 2.24. The fourth-order valence-corrected chi connectivity index (χ4v) is 4.79. The van der Waals surface area contributed by atoms with E-state index in [9.17, 15) is 13.2 Å². The SMILES string of the molecule is Cn1c(=O)oc2ccc(S(=O)(=O)NC3CCC(Oc4ncc(Cl)cn4)CC3)cc21. The number of nitrogens with one attached hydrogen (secondary N) is 1. The number of aryl methyl sites for hydroxylation is 1. The molecule has 11 heteroatoms. The monoisotopic (exact) mass is 438 g/mol. The van der Waals surface area contributed by atoms with Crippen LogP contribution in [0.2, 0.25) is 5.02 Å². The van der Waals surface area contributed by atoms with E-state index in [2.05, 4.69) is 14.7 Å². The number of benzene rings is 1. The highest BCUT2D eigenvalue weighted by molar-refractivity contribution is 7.89. The number of nitrogens with zero attached hydrogens (tertiary/aromatic N) is 3. The van der Waals surface area contributed by atoms with Gasteiger partial charge in [-0.3, -0.25) is 4.57 Å². The quantitative estimate of drug-likeness (QED) is 0.649. The largest absolute Gasteiger partial charge is 0.460 e. The number of rotatable bonds is 5. The van der Waals surface area contributed by atoms with Crippen LogP contribution in [0.25, 0.3) is 11.1 Å². The average Bonchev–Trinajstić information content (AvgIpc) is 2.98. The summed E-state index contributed by atoms with van der Waals surface area (Å²) in [7, 11) is -2.20. The van der Waals surface area contributed by atoms with Crippen LogP contribution in [0.1, 0.15) is 25.7 Å². The molecule has 4 rings (SSSR count). The van der Waals surface area contributed by atoms with Crippen molar-refractivity contribution >= 4 is 32.7 Å². The van der Waals surface area contributed by atoms with Crippen molar-refractivity contribution in [1.82, 2.24) is 19.3 Å². The van der Waals surface area contributed by atoms with Gasteiger partial charge in [0.1, 0.15) is 6.10 Å². The molecular formula is C18H19ClN4O5S. The molecule has 0 amide bonds. The highest BCUT2D eigenvalue weighted by atomic mass is 35.5. The summed E-state index contributed by atoms with van der Waals surface area (Å²) in [6.45, 7) is 0. The van der Waals surface area contributed by atoms with Crippen molar-refractivity contribution in [2.24, 2.45) is 7.05 Å². The topological polar surface area (TPSA) is 116 Å². The van der Waals surface area contributed by atoms with Crippen LogP contribution in [0.15, 0.2) is 44.7 Å². The maximum absolute atomic E-state index is 12.8. The summed E-state index contributed by atoms with van der Waals surface area (Å²) in [5, 5.41) is 0.434. The first-order valence-electron chi connectivity index (χ1n) is 9.08. The second-order valence-corrected chi connectivity index (χ2v) is 9.10. The fourth-order valence-electron chi connectivity index (χ4n) is 3.37. The Morgan fingerprint density at radius 3 is 2.59 bits per heavy atom. The molecule has 1 aromatic carbocycles. The lowest BCUT2D eigenvalue weighted by Gasteiger charge is -2.28. The molecular weight excluding hydrogens is 420 g/mol.